The molecule has 0 amide bonds. The zero-order valence-electron chi connectivity index (χ0n) is 12.3. The number of hydrogen-bond acceptors (Lipinski definition) is 3. The van der Waals surface area contributed by atoms with Crippen molar-refractivity contribution in [2.24, 2.45) is 5.92 Å². The third kappa shape index (κ3) is 3.64. The van der Waals surface area contributed by atoms with Gasteiger partial charge < -0.3 is 5.32 Å². The Bertz CT molecular complexity index is 239. The van der Waals surface area contributed by atoms with Gasteiger partial charge in [0, 0.05) is 37.0 Å². The van der Waals surface area contributed by atoms with Crippen molar-refractivity contribution in [1.82, 2.24) is 10.2 Å². The van der Waals surface area contributed by atoms with Gasteiger partial charge in [-0.2, -0.15) is 11.8 Å². The summed E-state index contributed by atoms with van der Waals surface area (Å²) < 4.78 is 0. The summed E-state index contributed by atoms with van der Waals surface area (Å²) >= 11 is 2.16. The lowest BCUT2D eigenvalue weighted by Gasteiger charge is -2.47. The number of nitrogens with zero attached hydrogens (tertiary/aromatic N) is 1. The van der Waals surface area contributed by atoms with Crippen LogP contribution in [-0.2, 0) is 0 Å². The fraction of sp³-hybridized carbons (Fsp3) is 1.00. The summed E-state index contributed by atoms with van der Waals surface area (Å²) in [6, 6.07) is 2.33. The third-order valence-electron chi connectivity index (χ3n) is 4.48. The van der Waals surface area contributed by atoms with E-state index in [1.165, 1.54) is 50.3 Å². The quantitative estimate of drug-likeness (QED) is 0.845. The molecule has 1 N–H and O–H groups in total. The first-order chi connectivity index (χ1) is 8.72. The first kappa shape index (κ1) is 14.7. The first-order valence-electron chi connectivity index (χ1n) is 7.79. The molecule has 2 saturated heterocycles. The minimum absolute atomic E-state index is 0.733. The van der Waals surface area contributed by atoms with Gasteiger partial charge in [-0.25, -0.2) is 0 Å². The smallest absolute Gasteiger partial charge is 0.0247 e. The van der Waals surface area contributed by atoms with E-state index < -0.39 is 0 Å². The van der Waals surface area contributed by atoms with Crippen LogP contribution in [0.4, 0.5) is 0 Å². The summed E-state index contributed by atoms with van der Waals surface area (Å²) in [5.74, 6) is 3.52. The van der Waals surface area contributed by atoms with E-state index in [1.54, 1.807) is 0 Å². The second-order valence-electron chi connectivity index (χ2n) is 6.27. The van der Waals surface area contributed by atoms with Crippen molar-refractivity contribution in [2.75, 3.05) is 24.6 Å². The van der Waals surface area contributed by atoms with E-state index in [2.05, 4.69) is 42.7 Å². The molecule has 2 rings (SSSR count). The normalized spacial score (nSPS) is 35.0. The Labute approximate surface area is 117 Å². The van der Waals surface area contributed by atoms with Crippen molar-refractivity contribution >= 4 is 11.8 Å². The van der Waals surface area contributed by atoms with Crippen LogP contribution >= 0.6 is 11.8 Å². The van der Waals surface area contributed by atoms with Gasteiger partial charge in [-0.15, -0.1) is 0 Å². The van der Waals surface area contributed by atoms with Crippen molar-refractivity contribution in [1.29, 1.82) is 0 Å². The molecular weight excluding hydrogens is 240 g/mol. The van der Waals surface area contributed by atoms with E-state index in [-0.39, 0.29) is 0 Å². The van der Waals surface area contributed by atoms with Gasteiger partial charge >= 0.3 is 0 Å². The molecule has 2 aliphatic rings. The molecule has 3 unspecified atom stereocenters. The summed E-state index contributed by atoms with van der Waals surface area (Å²) in [7, 11) is 0. The zero-order valence-corrected chi connectivity index (χ0v) is 13.1. The summed E-state index contributed by atoms with van der Waals surface area (Å²) in [4.78, 5) is 2.85. The zero-order chi connectivity index (χ0) is 13.0. The molecule has 3 atom stereocenters. The van der Waals surface area contributed by atoms with Crippen LogP contribution in [0.25, 0.3) is 0 Å². The van der Waals surface area contributed by atoms with Crippen LogP contribution in [0.3, 0.4) is 0 Å². The summed E-state index contributed by atoms with van der Waals surface area (Å²) in [5, 5.41) is 3.77. The Morgan fingerprint density at radius 3 is 2.83 bits per heavy atom. The van der Waals surface area contributed by atoms with Gasteiger partial charge in [0.1, 0.15) is 0 Å². The summed E-state index contributed by atoms with van der Waals surface area (Å²) in [6.45, 7) is 9.55. The summed E-state index contributed by atoms with van der Waals surface area (Å²) in [6.07, 6.45) is 5.48. The second kappa shape index (κ2) is 7.16. The lowest BCUT2D eigenvalue weighted by atomic mass is 9.94. The molecule has 2 heterocycles. The maximum Gasteiger partial charge on any atom is 0.0247 e. The van der Waals surface area contributed by atoms with Crippen molar-refractivity contribution in [3.63, 3.8) is 0 Å². The van der Waals surface area contributed by atoms with Crippen LogP contribution < -0.4 is 5.32 Å². The lowest BCUT2D eigenvalue weighted by molar-refractivity contribution is 0.0574. The molecule has 2 aliphatic heterocycles. The van der Waals surface area contributed by atoms with E-state index in [9.17, 15) is 0 Å². The Morgan fingerprint density at radius 2 is 2.22 bits per heavy atom. The Balaban J connectivity index is 1.99. The van der Waals surface area contributed by atoms with Crippen LogP contribution in [0.1, 0.15) is 46.5 Å². The molecule has 2 nitrogen and oxygen atoms in total. The molecule has 0 aromatic rings. The minimum Gasteiger partial charge on any atom is -0.311 e. The molecule has 0 aromatic carbocycles. The average molecular weight is 270 g/mol. The molecule has 0 radical (unpaired) electrons. The molecule has 0 aliphatic carbocycles. The highest BCUT2D eigenvalue weighted by Crippen LogP contribution is 2.27. The van der Waals surface area contributed by atoms with Gasteiger partial charge in [-0.3, -0.25) is 4.90 Å². The number of nitrogens with one attached hydrogen (secondary N) is 1. The average Bonchev–Trinajstić information content (AvgIpc) is 2.40. The van der Waals surface area contributed by atoms with Crippen LogP contribution in [0.15, 0.2) is 0 Å². The van der Waals surface area contributed by atoms with Gasteiger partial charge in [0.25, 0.3) is 0 Å². The van der Waals surface area contributed by atoms with E-state index in [4.69, 9.17) is 0 Å². The van der Waals surface area contributed by atoms with Crippen molar-refractivity contribution < 1.29 is 0 Å². The Morgan fingerprint density at radius 1 is 1.39 bits per heavy atom. The molecular formula is C15H30N2S. The van der Waals surface area contributed by atoms with Crippen LogP contribution in [0.5, 0.6) is 0 Å². The molecule has 2 fully saturated rings. The summed E-state index contributed by atoms with van der Waals surface area (Å²) in [5.41, 5.74) is 0. The topological polar surface area (TPSA) is 15.3 Å². The Hall–Kier alpha value is 0.270. The largest absolute Gasteiger partial charge is 0.311 e. The molecule has 0 bridgehead atoms. The molecule has 18 heavy (non-hydrogen) atoms. The van der Waals surface area contributed by atoms with Gasteiger partial charge in [0.15, 0.2) is 0 Å². The second-order valence-corrected chi connectivity index (χ2v) is 7.42. The molecule has 0 saturated carbocycles. The third-order valence-corrected chi connectivity index (χ3v) is 5.68. The van der Waals surface area contributed by atoms with E-state index in [0.717, 1.165) is 24.0 Å². The fourth-order valence-corrected chi connectivity index (χ4v) is 4.59. The number of piperazine rings is 1. The van der Waals surface area contributed by atoms with Gasteiger partial charge in [0.05, 0.1) is 0 Å². The van der Waals surface area contributed by atoms with Crippen molar-refractivity contribution in [3.8, 4) is 0 Å². The van der Waals surface area contributed by atoms with E-state index >= 15 is 0 Å². The highest BCUT2D eigenvalue weighted by Gasteiger charge is 2.34. The van der Waals surface area contributed by atoms with Gasteiger partial charge in [-0.05, 0) is 30.9 Å². The highest BCUT2D eigenvalue weighted by atomic mass is 32.2. The number of thioether (sulfide) groups is 1. The van der Waals surface area contributed by atoms with Crippen molar-refractivity contribution in [3.05, 3.63) is 0 Å². The number of hydrogen-bond donors (Lipinski definition) is 1. The molecule has 0 aromatic heterocycles. The highest BCUT2D eigenvalue weighted by molar-refractivity contribution is 7.99. The number of rotatable bonds is 4. The minimum atomic E-state index is 0.733. The monoisotopic (exact) mass is 270 g/mol. The fourth-order valence-electron chi connectivity index (χ4n) is 3.42. The SMILES string of the molecule is CCCC1CN(C2CCCSC2)C(C(C)C)CN1. The molecule has 0 spiro atoms. The van der Waals surface area contributed by atoms with E-state index in [1.807, 2.05) is 0 Å². The molecule has 3 heteroatoms. The first-order valence-corrected chi connectivity index (χ1v) is 8.94. The van der Waals surface area contributed by atoms with E-state index in [0.29, 0.717) is 0 Å². The predicted octanol–water partition coefficient (Wildman–Crippen LogP) is 2.98. The Kier molecular flexibility index (Phi) is 5.84. The molecule has 106 valence electrons. The van der Waals surface area contributed by atoms with Crippen LogP contribution in [0, 0.1) is 5.92 Å². The maximum atomic E-state index is 3.77. The van der Waals surface area contributed by atoms with Gasteiger partial charge in [-0.1, -0.05) is 27.2 Å². The predicted molar refractivity (Wildman–Crippen MR) is 82.4 cm³/mol. The van der Waals surface area contributed by atoms with Crippen LogP contribution in [0.2, 0.25) is 0 Å². The standard InChI is InChI=1S/C15H30N2S/c1-4-6-13-10-17(14-7-5-8-18-11-14)15(9-16-13)12(2)3/h12-16H,4-11H2,1-3H3. The maximum absolute atomic E-state index is 3.77. The van der Waals surface area contributed by atoms with Crippen molar-refractivity contribution in [2.45, 2.75) is 64.6 Å². The lowest BCUT2D eigenvalue weighted by Crippen LogP contribution is -2.61. The van der Waals surface area contributed by atoms with Gasteiger partial charge in [0.2, 0.25) is 0 Å². The van der Waals surface area contributed by atoms with Crippen LogP contribution in [-0.4, -0.2) is 47.6 Å².